The van der Waals surface area contributed by atoms with Crippen LogP contribution in [0.2, 0.25) is 0 Å². The zero-order valence-electron chi connectivity index (χ0n) is 5.69. The van der Waals surface area contributed by atoms with Crippen LogP contribution in [-0.4, -0.2) is 13.9 Å². The Bertz CT molecular complexity index is 272. The van der Waals surface area contributed by atoms with Crippen LogP contribution in [0.15, 0.2) is 29.2 Å². The Morgan fingerprint density at radius 1 is 1.45 bits per heavy atom. The molecule has 1 atom stereocenters. The summed E-state index contributed by atoms with van der Waals surface area (Å²) in [5.74, 6) is 0. The van der Waals surface area contributed by atoms with Crippen LogP contribution in [0.25, 0.3) is 0 Å². The molecule has 0 aliphatic rings. The summed E-state index contributed by atoms with van der Waals surface area (Å²) < 4.78 is 20.9. The largest absolute Gasteiger partial charge is 0.768 e. The molecule has 1 rings (SSSR count). The molecule has 1 aromatic rings. The molecular weight excluding hydrogens is 164 g/mol. The van der Waals surface area contributed by atoms with Crippen molar-refractivity contribution in [2.45, 2.75) is 11.5 Å². The Balaban J connectivity index is 3.12. The molecule has 0 fully saturated rings. The van der Waals surface area contributed by atoms with Crippen LogP contribution >= 0.6 is 0 Å². The first kappa shape index (κ1) is 8.39. The minimum Gasteiger partial charge on any atom is -0.768 e. The molecule has 1 N–H and O–H groups in total. The van der Waals surface area contributed by atoms with E-state index in [-0.39, 0.29) is 11.5 Å². The summed E-state index contributed by atoms with van der Waals surface area (Å²) in [5.41, 5.74) is 0.431. The van der Waals surface area contributed by atoms with Gasteiger partial charge < -0.3 is 9.66 Å². The molecule has 0 aliphatic carbocycles. The molecule has 1 aromatic carbocycles. The van der Waals surface area contributed by atoms with Crippen LogP contribution < -0.4 is 0 Å². The smallest absolute Gasteiger partial charge is 0.0693 e. The second kappa shape index (κ2) is 3.61. The summed E-state index contributed by atoms with van der Waals surface area (Å²) in [7, 11) is 0. The lowest BCUT2D eigenvalue weighted by Crippen LogP contribution is -1.95. The first-order valence-corrected chi connectivity index (χ1v) is 4.11. The Hall–Kier alpha value is -0.710. The van der Waals surface area contributed by atoms with Crippen molar-refractivity contribution in [1.82, 2.24) is 0 Å². The number of hydrogen-bond donors (Lipinski definition) is 1. The fraction of sp³-hybridized carbons (Fsp3) is 0.143. The zero-order valence-corrected chi connectivity index (χ0v) is 6.50. The fourth-order valence-electron chi connectivity index (χ4n) is 0.797. The van der Waals surface area contributed by atoms with Crippen LogP contribution in [0, 0.1) is 0 Å². The average molecular weight is 171 g/mol. The maximum Gasteiger partial charge on any atom is 0.0693 e. The zero-order chi connectivity index (χ0) is 8.27. The van der Waals surface area contributed by atoms with E-state index in [0.29, 0.717) is 5.56 Å². The Kier molecular flexibility index (Phi) is 2.76. The van der Waals surface area contributed by atoms with Gasteiger partial charge in [0, 0.05) is 4.90 Å². The number of hydrogen-bond acceptors (Lipinski definition) is 3. The fourth-order valence-corrected chi connectivity index (χ4v) is 1.33. The first-order chi connectivity index (χ1) is 5.25. The molecule has 0 aromatic heterocycles. The SMILES string of the molecule is O=S([O-])c1ccccc1CO. The van der Waals surface area contributed by atoms with Gasteiger partial charge in [0.2, 0.25) is 0 Å². The predicted molar refractivity (Wildman–Crippen MR) is 39.6 cm³/mol. The summed E-state index contributed by atoms with van der Waals surface area (Å²) in [6, 6.07) is 6.33. The first-order valence-electron chi connectivity index (χ1n) is 3.03. The van der Waals surface area contributed by atoms with E-state index in [1.54, 1.807) is 18.2 Å². The Morgan fingerprint density at radius 2 is 2.09 bits per heavy atom. The lowest BCUT2D eigenvalue weighted by molar-refractivity contribution is 0.278. The highest BCUT2D eigenvalue weighted by Crippen LogP contribution is 2.11. The monoisotopic (exact) mass is 171 g/mol. The van der Waals surface area contributed by atoms with Gasteiger partial charge in [-0.3, -0.25) is 4.21 Å². The highest BCUT2D eigenvalue weighted by atomic mass is 32.2. The lowest BCUT2D eigenvalue weighted by atomic mass is 10.2. The molecular formula is C7H7O3S-. The Morgan fingerprint density at radius 3 is 2.55 bits per heavy atom. The maximum absolute atomic E-state index is 10.5. The number of rotatable bonds is 2. The molecule has 0 bridgehead atoms. The van der Waals surface area contributed by atoms with E-state index in [4.69, 9.17) is 5.11 Å². The quantitative estimate of drug-likeness (QED) is 0.656. The third-order valence-electron chi connectivity index (χ3n) is 1.32. The molecule has 0 saturated heterocycles. The van der Waals surface area contributed by atoms with Crippen molar-refractivity contribution < 1.29 is 13.9 Å². The Labute approximate surface area is 67.0 Å². The summed E-state index contributed by atoms with van der Waals surface area (Å²) in [4.78, 5) is 0.162. The van der Waals surface area contributed by atoms with Crippen LogP contribution in [0.1, 0.15) is 5.56 Å². The van der Waals surface area contributed by atoms with Crippen LogP contribution in [0.4, 0.5) is 0 Å². The molecule has 0 amide bonds. The number of aliphatic hydroxyl groups is 1. The molecule has 60 valence electrons. The summed E-state index contributed by atoms with van der Waals surface area (Å²) >= 11 is -2.25. The van der Waals surface area contributed by atoms with Crippen molar-refractivity contribution in [2.75, 3.05) is 0 Å². The van der Waals surface area contributed by atoms with Crippen molar-refractivity contribution >= 4 is 11.1 Å². The van der Waals surface area contributed by atoms with Gasteiger partial charge in [-0.25, -0.2) is 0 Å². The van der Waals surface area contributed by atoms with Gasteiger partial charge >= 0.3 is 0 Å². The molecule has 0 radical (unpaired) electrons. The number of aliphatic hydroxyl groups excluding tert-OH is 1. The molecule has 3 nitrogen and oxygen atoms in total. The van der Waals surface area contributed by atoms with E-state index in [1.807, 2.05) is 0 Å². The van der Waals surface area contributed by atoms with Gasteiger partial charge in [-0.15, -0.1) is 0 Å². The lowest BCUT2D eigenvalue weighted by Gasteiger charge is -2.08. The van der Waals surface area contributed by atoms with Gasteiger partial charge in [0.05, 0.1) is 6.61 Å². The standard InChI is InChI=1S/C7H8O3S/c8-5-6-3-1-2-4-7(6)11(9)10/h1-4,8H,5H2,(H,9,10)/p-1. The third-order valence-corrected chi connectivity index (χ3v) is 2.08. The summed E-state index contributed by atoms with van der Waals surface area (Å²) in [6.07, 6.45) is 0. The highest BCUT2D eigenvalue weighted by molar-refractivity contribution is 7.79. The number of benzene rings is 1. The maximum atomic E-state index is 10.5. The van der Waals surface area contributed by atoms with Gasteiger partial charge in [0.25, 0.3) is 0 Å². The molecule has 4 heteroatoms. The van der Waals surface area contributed by atoms with E-state index in [0.717, 1.165) is 0 Å². The molecule has 0 heterocycles. The van der Waals surface area contributed by atoms with E-state index in [2.05, 4.69) is 0 Å². The topological polar surface area (TPSA) is 60.4 Å². The minimum absolute atomic E-state index is 0.162. The third kappa shape index (κ3) is 1.86. The van der Waals surface area contributed by atoms with Crippen LogP contribution in [0.3, 0.4) is 0 Å². The van der Waals surface area contributed by atoms with Crippen molar-refractivity contribution in [3.8, 4) is 0 Å². The highest BCUT2D eigenvalue weighted by Gasteiger charge is 1.98. The van der Waals surface area contributed by atoms with E-state index >= 15 is 0 Å². The molecule has 0 saturated carbocycles. The second-order valence-corrected chi connectivity index (χ2v) is 2.91. The van der Waals surface area contributed by atoms with Gasteiger partial charge in [0.1, 0.15) is 0 Å². The molecule has 0 aliphatic heterocycles. The van der Waals surface area contributed by atoms with Gasteiger partial charge in [0.15, 0.2) is 0 Å². The van der Waals surface area contributed by atoms with Crippen molar-refractivity contribution in [1.29, 1.82) is 0 Å². The molecule has 11 heavy (non-hydrogen) atoms. The van der Waals surface area contributed by atoms with Gasteiger partial charge in [-0.1, -0.05) is 18.2 Å². The van der Waals surface area contributed by atoms with Crippen molar-refractivity contribution in [3.63, 3.8) is 0 Å². The summed E-state index contributed by atoms with van der Waals surface area (Å²) in [6.45, 7) is -0.246. The summed E-state index contributed by atoms with van der Waals surface area (Å²) in [5, 5.41) is 8.69. The van der Waals surface area contributed by atoms with E-state index in [1.165, 1.54) is 6.07 Å². The van der Waals surface area contributed by atoms with E-state index in [9.17, 15) is 8.76 Å². The van der Waals surface area contributed by atoms with Gasteiger partial charge in [-0.2, -0.15) is 0 Å². The second-order valence-electron chi connectivity index (χ2n) is 2.00. The minimum atomic E-state index is -2.25. The van der Waals surface area contributed by atoms with Crippen molar-refractivity contribution in [2.24, 2.45) is 0 Å². The van der Waals surface area contributed by atoms with Gasteiger partial charge in [-0.05, 0) is 22.7 Å². The molecule has 1 unspecified atom stereocenters. The molecule has 0 spiro atoms. The van der Waals surface area contributed by atoms with Crippen LogP contribution in [0.5, 0.6) is 0 Å². The van der Waals surface area contributed by atoms with E-state index < -0.39 is 11.1 Å². The van der Waals surface area contributed by atoms with Crippen molar-refractivity contribution in [3.05, 3.63) is 29.8 Å². The average Bonchev–Trinajstić information content (AvgIpc) is 2.04. The van der Waals surface area contributed by atoms with Crippen LogP contribution in [-0.2, 0) is 17.7 Å². The predicted octanol–water partition coefficient (Wildman–Crippen LogP) is 0.417. The normalized spacial score (nSPS) is 12.9.